The van der Waals surface area contributed by atoms with E-state index in [0.29, 0.717) is 0 Å². The minimum Gasteiger partial charge on any atom is -0.456 e. The molecule has 0 unspecified atom stereocenters. The maximum absolute atomic E-state index is 6.09. The van der Waals surface area contributed by atoms with Crippen molar-refractivity contribution in [3.63, 3.8) is 0 Å². The lowest BCUT2D eigenvalue weighted by atomic mass is 10.0. The number of nitrogens with zero attached hydrogens (tertiary/aromatic N) is 1. The number of benzene rings is 6. The van der Waals surface area contributed by atoms with Crippen LogP contribution in [0.25, 0.3) is 60.6 Å². The molecule has 184 valence electrons. The van der Waals surface area contributed by atoms with Crippen LogP contribution in [0.1, 0.15) is 0 Å². The van der Waals surface area contributed by atoms with Gasteiger partial charge in [-0.05, 0) is 77.9 Å². The molecule has 0 saturated heterocycles. The van der Waals surface area contributed by atoms with E-state index in [2.05, 4.69) is 137 Å². The van der Waals surface area contributed by atoms with Crippen molar-refractivity contribution in [3.8, 4) is 16.8 Å². The summed E-state index contributed by atoms with van der Waals surface area (Å²) in [4.78, 5) is 0. The Morgan fingerprint density at radius 1 is 0.436 bits per heavy atom. The Kier molecular flexibility index (Phi) is 4.82. The Balaban J connectivity index is 1.07. The fourth-order valence-electron chi connectivity index (χ4n) is 5.71. The van der Waals surface area contributed by atoms with Gasteiger partial charge in [-0.25, -0.2) is 0 Å². The summed E-state index contributed by atoms with van der Waals surface area (Å²) in [7, 11) is 0. The van der Waals surface area contributed by atoms with Gasteiger partial charge in [-0.1, -0.05) is 72.8 Å². The van der Waals surface area contributed by atoms with Crippen molar-refractivity contribution in [1.29, 1.82) is 0 Å². The quantitative estimate of drug-likeness (QED) is 0.260. The zero-order valence-corrected chi connectivity index (χ0v) is 21.1. The van der Waals surface area contributed by atoms with Crippen molar-refractivity contribution in [2.45, 2.75) is 0 Å². The zero-order valence-electron chi connectivity index (χ0n) is 21.1. The predicted octanol–water partition coefficient (Wildman–Crippen LogP) is 10.1. The molecular formula is C36H24N2O. The number of rotatable bonds is 4. The first kappa shape index (κ1) is 21.8. The normalized spacial score (nSPS) is 11.6. The maximum Gasteiger partial charge on any atom is 0.136 e. The first-order chi connectivity index (χ1) is 19.3. The molecular weight excluding hydrogens is 476 g/mol. The van der Waals surface area contributed by atoms with Crippen LogP contribution >= 0.6 is 0 Å². The molecule has 0 aliphatic rings. The van der Waals surface area contributed by atoms with Gasteiger partial charge in [0.2, 0.25) is 0 Å². The van der Waals surface area contributed by atoms with Crippen LogP contribution in [-0.4, -0.2) is 4.57 Å². The summed E-state index contributed by atoms with van der Waals surface area (Å²) in [6.45, 7) is 0. The van der Waals surface area contributed by atoms with Gasteiger partial charge in [0.1, 0.15) is 11.2 Å². The molecule has 0 aliphatic heterocycles. The van der Waals surface area contributed by atoms with E-state index in [4.69, 9.17) is 4.42 Å². The second kappa shape index (κ2) is 8.64. The number of aromatic nitrogens is 1. The number of hydrogen-bond donors (Lipinski definition) is 1. The zero-order chi connectivity index (χ0) is 25.8. The molecule has 0 fully saturated rings. The Morgan fingerprint density at radius 3 is 1.67 bits per heavy atom. The van der Waals surface area contributed by atoms with Gasteiger partial charge in [0.25, 0.3) is 0 Å². The third kappa shape index (κ3) is 3.59. The van der Waals surface area contributed by atoms with Gasteiger partial charge >= 0.3 is 0 Å². The lowest BCUT2D eigenvalue weighted by Crippen LogP contribution is -1.95. The summed E-state index contributed by atoms with van der Waals surface area (Å²) in [5.74, 6) is 0. The van der Waals surface area contributed by atoms with Gasteiger partial charge in [-0.2, -0.15) is 0 Å². The molecule has 39 heavy (non-hydrogen) atoms. The molecule has 2 aromatic heterocycles. The van der Waals surface area contributed by atoms with Gasteiger partial charge in [-0.15, -0.1) is 0 Å². The highest BCUT2D eigenvalue weighted by Crippen LogP contribution is 2.34. The number of hydrogen-bond acceptors (Lipinski definition) is 2. The molecule has 0 spiro atoms. The number of para-hydroxylation sites is 3. The topological polar surface area (TPSA) is 30.1 Å². The smallest absolute Gasteiger partial charge is 0.136 e. The summed E-state index contributed by atoms with van der Waals surface area (Å²) in [6.07, 6.45) is 0. The minimum absolute atomic E-state index is 0.916. The fraction of sp³-hybridized carbons (Fsp3) is 0. The van der Waals surface area contributed by atoms with Crippen LogP contribution in [0.3, 0.4) is 0 Å². The first-order valence-corrected chi connectivity index (χ1v) is 13.2. The average molecular weight is 501 g/mol. The molecule has 0 radical (unpaired) electrons. The van der Waals surface area contributed by atoms with Crippen LogP contribution < -0.4 is 5.32 Å². The van der Waals surface area contributed by atoms with E-state index < -0.39 is 0 Å². The average Bonchev–Trinajstić information content (AvgIpc) is 3.53. The number of furan rings is 1. The SMILES string of the molecule is c1ccc2c(c1)oc1cc(-c3ccc(Nc4ccc(-n5c6ccccc6c6ccccc65)cc4)cc3)ccc12. The molecule has 3 nitrogen and oxygen atoms in total. The van der Waals surface area contributed by atoms with E-state index >= 15 is 0 Å². The molecule has 0 aliphatic carbocycles. The third-order valence-electron chi connectivity index (χ3n) is 7.59. The number of anilines is 2. The second-order valence-electron chi connectivity index (χ2n) is 9.93. The summed E-state index contributed by atoms with van der Waals surface area (Å²) in [5, 5.41) is 8.40. The molecule has 2 heterocycles. The molecule has 0 atom stereocenters. The van der Waals surface area contributed by atoms with Crippen LogP contribution in [-0.2, 0) is 0 Å². The highest BCUT2D eigenvalue weighted by atomic mass is 16.3. The van der Waals surface area contributed by atoms with Crippen molar-refractivity contribution in [2.75, 3.05) is 5.32 Å². The van der Waals surface area contributed by atoms with Gasteiger partial charge < -0.3 is 14.3 Å². The van der Waals surface area contributed by atoms with Crippen molar-refractivity contribution in [3.05, 3.63) is 140 Å². The fourth-order valence-corrected chi connectivity index (χ4v) is 5.71. The van der Waals surface area contributed by atoms with E-state index in [0.717, 1.165) is 50.1 Å². The Morgan fingerprint density at radius 2 is 0.974 bits per heavy atom. The predicted molar refractivity (Wildman–Crippen MR) is 163 cm³/mol. The van der Waals surface area contributed by atoms with Crippen LogP contribution in [0.5, 0.6) is 0 Å². The summed E-state index contributed by atoms with van der Waals surface area (Å²) in [6, 6.07) is 49.0. The van der Waals surface area contributed by atoms with Gasteiger partial charge in [0.15, 0.2) is 0 Å². The van der Waals surface area contributed by atoms with Crippen molar-refractivity contribution < 1.29 is 4.42 Å². The van der Waals surface area contributed by atoms with Gasteiger partial charge in [0.05, 0.1) is 11.0 Å². The van der Waals surface area contributed by atoms with E-state index in [1.165, 1.54) is 21.8 Å². The summed E-state index contributed by atoms with van der Waals surface area (Å²) >= 11 is 0. The van der Waals surface area contributed by atoms with E-state index in [9.17, 15) is 0 Å². The molecule has 8 rings (SSSR count). The molecule has 1 N–H and O–H groups in total. The Hall–Kier alpha value is -5.28. The summed E-state index contributed by atoms with van der Waals surface area (Å²) in [5.41, 5.74) is 9.82. The van der Waals surface area contributed by atoms with Gasteiger partial charge in [0, 0.05) is 38.6 Å². The standard InChI is InChI=1S/C36H24N2O/c1-4-10-33-29(7-1)30-8-2-5-11-34(30)38(33)28-20-18-27(19-21-28)37-26-16-13-24(14-17-26)25-15-22-32-31-9-3-6-12-35(31)39-36(32)23-25/h1-23,37H. The van der Waals surface area contributed by atoms with Gasteiger partial charge in [-0.3, -0.25) is 0 Å². The lowest BCUT2D eigenvalue weighted by molar-refractivity contribution is 0.669. The van der Waals surface area contributed by atoms with Crippen LogP contribution in [0, 0.1) is 0 Å². The number of fused-ring (bicyclic) bond motifs is 6. The second-order valence-corrected chi connectivity index (χ2v) is 9.93. The van der Waals surface area contributed by atoms with Crippen LogP contribution in [0.2, 0.25) is 0 Å². The maximum atomic E-state index is 6.09. The van der Waals surface area contributed by atoms with E-state index in [1.54, 1.807) is 0 Å². The molecule has 3 heteroatoms. The third-order valence-corrected chi connectivity index (χ3v) is 7.59. The van der Waals surface area contributed by atoms with Crippen LogP contribution in [0.15, 0.2) is 144 Å². The van der Waals surface area contributed by atoms with E-state index in [1.807, 2.05) is 12.1 Å². The number of nitrogens with one attached hydrogen (secondary N) is 1. The molecule has 0 bridgehead atoms. The molecule has 0 saturated carbocycles. The first-order valence-electron chi connectivity index (χ1n) is 13.2. The van der Waals surface area contributed by atoms with Crippen LogP contribution in [0.4, 0.5) is 11.4 Å². The van der Waals surface area contributed by atoms with E-state index in [-0.39, 0.29) is 0 Å². The molecule has 6 aromatic carbocycles. The van der Waals surface area contributed by atoms with Crippen molar-refractivity contribution in [1.82, 2.24) is 4.57 Å². The molecule has 0 amide bonds. The monoisotopic (exact) mass is 500 g/mol. The summed E-state index contributed by atoms with van der Waals surface area (Å²) < 4.78 is 8.42. The highest BCUT2D eigenvalue weighted by Gasteiger charge is 2.11. The molecule has 8 aromatic rings. The largest absolute Gasteiger partial charge is 0.456 e. The Labute approximate surface area is 225 Å². The van der Waals surface area contributed by atoms with Crippen molar-refractivity contribution in [2.24, 2.45) is 0 Å². The lowest BCUT2D eigenvalue weighted by Gasteiger charge is -2.11. The minimum atomic E-state index is 0.916. The highest BCUT2D eigenvalue weighted by molar-refractivity contribution is 6.09. The Bertz CT molecular complexity index is 2080. The van der Waals surface area contributed by atoms with Crippen molar-refractivity contribution >= 4 is 55.1 Å².